The second kappa shape index (κ2) is 5.43. The monoisotopic (exact) mass is 277 g/mol. The fourth-order valence-electron chi connectivity index (χ4n) is 2.64. The Balaban J connectivity index is 1.75. The summed E-state index contributed by atoms with van der Waals surface area (Å²) in [5, 5.41) is 10.4. The first kappa shape index (κ1) is 12.8. The Kier molecular flexibility index (Phi) is 3.66. The van der Waals surface area contributed by atoms with Crippen LogP contribution in [0, 0.1) is 5.92 Å². The molecular weight excluding hydrogens is 258 g/mol. The second-order valence-corrected chi connectivity index (χ2v) is 6.29. The molecule has 1 aliphatic heterocycles. The molecule has 0 unspecified atom stereocenters. The van der Waals surface area contributed by atoms with Crippen molar-refractivity contribution in [2.45, 2.75) is 32.7 Å². The first-order chi connectivity index (χ1) is 9.24. The maximum absolute atomic E-state index is 5.82. The summed E-state index contributed by atoms with van der Waals surface area (Å²) in [7, 11) is 0. The van der Waals surface area contributed by atoms with E-state index in [9.17, 15) is 0 Å². The van der Waals surface area contributed by atoms with Crippen LogP contribution in [0.15, 0.2) is 21.9 Å². The van der Waals surface area contributed by atoms with Crippen molar-refractivity contribution in [3.05, 3.63) is 23.4 Å². The average Bonchev–Trinajstić information content (AvgIpc) is 3.08. The van der Waals surface area contributed by atoms with Crippen molar-refractivity contribution in [3.63, 3.8) is 0 Å². The number of nitrogens with zero attached hydrogens (tertiary/aromatic N) is 3. The molecule has 102 valence electrons. The Morgan fingerprint density at radius 3 is 3.11 bits per heavy atom. The van der Waals surface area contributed by atoms with Crippen LogP contribution in [-0.4, -0.2) is 28.2 Å². The van der Waals surface area contributed by atoms with Gasteiger partial charge in [-0.05, 0) is 43.7 Å². The average molecular weight is 277 g/mol. The highest BCUT2D eigenvalue weighted by atomic mass is 32.1. The van der Waals surface area contributed by atoms with Gasteiger partial charge in [0.1, 0.15) is 0 Å². The normalized spacial score (nSPS) is 22.5. The van der Waals surface area contributed by atoms with Gasteiger partial charge in [-0.15, -0.1) is 21.5 Å². The maximum Gasteiger partial charge on any atom is 0.257 e. The number of likely N-dealkylation sites (tertiary alicyclic amines) is 1. The van der Waals surface area contributed by atoms with Crippen LogP contribution in [0.4, 0.5) is 0 Å². The van der Waals surface area contributed by atoms with Gasteiger partial charge in [0, 0.05) is 6.54 Å². The van der Waals surface area contributed by atoms with Gasteiger partial charge in [-0.2, -0.15) is 0 Å². The smallest absolute Gasteiger partial charge is 0.257 e. The van der Waals surface area contributed by atoms with E-state index in [1.807, 2.05) is 17.5 Å². The number of hydrogen-bond donors (Lipinski definition) is 0. The number of piperidine rings is 1. The van der Waals surface area contributed by atoms with Gasteiger partial charge in [-0.25, -0.2) is 0 Å². The third-order valence-electron chi connectivity index (χ3n) is 3.77. The fraction of sp³-hybridized carbons (Fsp3) is 0.571. The number of rotatable bonds is 3. The molecule has 0 bridgehead atoms. The van der Waals surface area contributed by atoms with Crippen LogP contribution in [0.1, 0.15) is 38.6 Å². The van der Waals surface area contributed by atoms with E-state index in [1.54, 1.807) is 11.3 Å². The Labute approximate surface area is 117 Å². The van der Waals surface area contributed by atoms with Gasteiger partial charge in [-0.1, -0.05) is 13.0 Å². The van der Waals surface area contributed by atoms with E-state index in [1.165, 1.54) is 12.8 Å². The maximum atomic E-state index is 5.82. The number of thiophene rings is 1. The predicted octanol–water partition coefficient (Wildman–Crippen LogP) is 3.59. The Bertz CT molecular complexity index is 523. The van der Waals surface area contributed by atoms with E-state index in [4.69, 9.17) is 4.42 Å². The summed E-state index contributed by atoms with van der Waals surface area (Å²) in [6.45, 7) is 6.72. The molecule has 0 spiro atoms. The van der Waals surface area contributed by atoms with E-state index >= 15 is 0 Å². The fourth-order valence-corrected chi connectivity index (χ4v) is 3.28. The van der Waals surface area contributed by atoms with Crippen molar-refractivity contribution in [1.82, 2.24) is 15.1 Å². The van der Waals surface area contributed by atoms with Crippen molar-refractivity contribution < 1.29 is 4.42 Å². The minimum Gasteiger partial charge on any atom is -0.418 e. The molecule has 5 heteroatoms. The van der Waals surface area contributed by atoms with Crippen LogP contribution in [0.5, 0.6) is 0 Å². The molecule has 0 saturated carbocycles. The first-order valence-corrected chi connectivity index (χ1v) is 7.73. The third-order valence-corrected chi connectivity index (χ3v) is 4.62. The Hall–Kier alpha value is -1.20. The van der Waals surface area contributed by atoms with E-state index in [0.29, 0.717) is 5.89 Å². The number of hydrogen-bond acceptors (Lipinski definition) is 5. The van der Waals surface area contributed by atoms with Crippen molar-refractivity contribution in [2.24, 2.45) is 5.92 Å². The minimum atomic E-state index is 0.212. The SMILES string of the molecule is C[C@H]1CCCN([C@@H](C)c2nnc(-c3cccs3)o2)C1. The zero-order valence-electron chi connectivity index (χ0n) is 11.4. The lowest BCUT2D eigenvalue weighted by molar-refractivity contribution is 0.122. The zero-order valence-corrected chi connectivity index (χ0v) is 12.2. The summed E-state index contributed by atoms with van der Waals surface area (Å²) in [6.07, 6.45) is 2.59. The second-order valence-electron chi connectivity index (χ2n) is 5.34. The first-order valence-electron chi connectivity index (χ1n) is 6.85. The van der Waals surface area contributed by atoms with Crippen molar-refractivity contribution in [1.29, 1.82) is 0 Å². The molecule has 2 atom stereocenters. The quantitative estimate of drug-likeness (QED) is 0.859. The molecule has 2 aromatic heterocycles. The minimum absolute atomic E-state index is 0.212. The van der Waals surface area contributed by atoms with E-state index in [-0.39, 0.29) is 6.04 Å². The number of aromatic nitrogens is 2. The van der Waals surface area contributed by atoms with Gasteiger partial charge in [0.05, 0.1) is 10.9 Å². The summed E-state index contributed by atoms with van der Waals surface area (Å²) in [5.74, 6) is 2.13. The largest absolute Gasteiger partial charge is 0.418 e. The molecule has 19 heavy (non-hydrogen) atoms. The molecule has 3 heterocycles. The summed E-state index contributed by atoms with van der Waals surface area (Å²) in [4.78, 5) is 3.48. The van der Waals surface area contributed by atoms with Crippen LogP contribution in [-0.2, 0) is 0 Å². The highest BCUT2D eigenvalue weighted by Crippen LogP contribution is 2.29. The van der Waals surface area contributed by atoms with Crippen LogP contribution in [0.3, 0.4) is 0 Å². The van der Waals surface area contributed by atoms with Crippen molar-refractivity contribution in [3.8, 4) is 10.8 Å². The van der Waals surface area contributed by atoms with Gasteiger partial charge in [-0.3, -0.25) is 4.90 Å². The summed E-state index contributed by atoms with van der Waals surface area (Å²) in [6, 6.07) is 4.22. The molecule has 0 aromatic carbocycles. The highest BCUT2D eigenvalue weighted by molar-refractivity contribution is 7.13. The molecule has 0 N–H and O–H groups in total. The topological polar surface area (TPSA) is 42.2 Å². The van der Waals surface area contributed by atoms with Crippen LogP contribution in [0.25, 0.3) is 10.8 Å². The third kappa shape index (κ3) is 2.72. The van der Waals surface area contributed by atoms with Gasteiger partial charge >= 0.3 is 0 Å². The van der Waals surface area contributed by atoms with E-state index in [0.717, 1.165) is 29.8 Å². The molecule has 0 aliphatic carbocycles. The molecule has 3 rings (SSSR count). The van der Waals surface area contributed by atoms with Crippen molar-refractivity contribution in [2.75, 3.05) is 13.1 Å². The van der Waals surface area contributed by atoms with Gasteiger partial charge in [0.2, 0.25) is 5.89 Å². The van der Waals surface area contributed by atoms with Crippen LogP contribution in [0.2, 0.25) is 0 Å². The molecular formula is C14H19N3OS. The molecule has 1 fully saturated rings. The molecule has 0 amide bonds. The zero-order chi connectivity index (χ0) is 13.2. The van der Waals surface area contributed by atoms with Gasteiger partial charge in [0.15, 0.2) is 0 Å². The molecule has 0 radical (unpaired) electrons. The van der Waals surface area contributed by atoms with Gasteiger partial charge < -0.3 is 4.42 Å². The Morgan fingerprint density at radius 1 is 1.47 bits per heavy atom. The predicted molar refractivity (Wildman–Crippen MR) is 76.0 cm³/mol. The van der Waals surface area contributed by atoms with Crippen LogP contribution < -0.4 is 0 Å². The lowest BCUT2D eigenvalue weighted by Crippen LogP contribution is -2.36. The van der Waals surface area contributed by atoms with Crippen molar-refractivity contribution >= 4 is 11.3 Å². The summed E-state index contributed by atoms with van der Waals surface area (Å²) in [5.41, 5.74) is 0. The lowest BCUT2D eigenvalue weighted by Gasteiger charge is -2.33. The molecule has 4 nitrogen and oxygen atoms in total. The van der Waals surface area contributed by atoms with Crippen LogP contribution >= 0.6 is 11.3 Å². The molecule has 1 saturated heterocycles. The molecule has 2 aromatic rings. The lowest BCUT2D eigenvalue weighted by atomic mass is 9.99. The standard InChI is InChI=1S/C14H19N3OS/c1-10-5-3-7-17(9-10)11(2)13-15-16-14(18-13)12-6-4-8-19-12/h4,6,8,10-11H,3,5,7,9H2,1-2H3/t10-,11-/m0/s1. The summed E-state index contributed by atoms with van der Waals surface area (Å²) >= 11 is 1.63. The Morgan fingerprint density at radius 2 is 2.37 bits per heavy atom. The van der Waals surface area contributed by atoms with E-state index < -0.39 is 0 Å². The highest BCUT2D eigenvalue weighted by Gasteiger charge is 2.25. The summed E-state index contributed by atoms with van der Waals surface area (Å²) < 4.78 is 5.82. The van der Waals surface area contributed by atoms with Gasteiger partial charge in [0.25, 0.3) is 5.89 Å². The van der Waals surface area contributed by atoms with E-state index in [2.05, 4.69) is 28.9 Å². The molecule has 1 aliphatic rings.